The summed E-state index contributed by atoms with van der Waals surface area (Å²) in [5.74, 6) is 1.54. The number of aryl methyl sites for hydroxylation is 1. The molecule has 0 bridgehead atoms. The van der Waals surface area contributed by atoms with Gasteiger partial charge in [0, 0.05) is 18.0 Å². The second-order valence-corrected chi connectivity index (χ2v) is 7.77. The van der Waals surface area contributed by atoms with Gasteiger partial charge in [0.15, 0.2) is 0 Å². The lowest BCUT2D eigenvalue weighted by Gasteiger charge is -2.18. The summed E-state index contributed by atoms with van der Waals surface area (Å²) in [4.78, 5) is 20.1. The molecule has 0 saturated carbocycles. The Bertz CT molecular complexity index is 1410. The van der Waals surface area contributed by atoms with Crippen molar-refractivity contribution >= 4 is 27.6 Å². The lowest BCUT2D eigenvalue weighted by Crippen LogP contribution is -2.26. The van der Waals surface area contributed by atoms with E-state index < -0.39 is 0 Å². The van der Waals surface area contributed by atoms with Crippen LogP contribution in [-0.4, -0.2) is 22.8 Å². The van der Waals surface area contributed by atoms with Crippen LogP contribution in [0.3, 0.4) is 0 Å². The number of para-hydroxylation sites is 1. The topological polar surface area (TPSA) is 46.3 Å². The minimum Gasteiger partial charge on any atom is -0.464 e. The van der Waals surface area contributed by atoms with Gasteiger partial charge in [-0.3, -0.25) is 4.79 Å². The molecule has 0 N–H and O–H groups in total. The van der Waals surface area contributed by atoms with Crippen LogP contribution in [0, 0.1) is 6.92 Å². The van der Waals surface area contributed by atoms with Crippen molar-refractivity contribution in [3.05, 3.63) is 102 Å². The van der Waals surface area contributed by atoms with Gasteiger partial charge in [-0.15, -0.1) is 0 Å². The largest absolute Gasteiger partial charge is 0.464 e. The quantitative estimate of drug-likeness (QED) is 0.355. The van der Waals surface area contributed by atoms with Gasteiger partial charge in [-0.25, -0.2) is 4.98 Å². The first kappa shape index (κ1) is 19.1. The fourth-order valence-corrected chi connectivity index (χ4v) is 4.02. The van der Waals surface area contributed by atoms with Crippen LogP contribution in [-0.2, 0) is 6.54 Å². The van der Waals surface area contributed by atoms with Crippen LogP contribution >= 0.6 is 0 Å². The standard InChI is InChI=1S/C27H22N2O2/c1-18-14-15-20(31-18)17-29(2)27(30)24-16-26(28-25-13-6-5-11-23(24)25)22-12-7-9-19-8-3-4-10-21(19)22/h3-16H,17H2,1-2H3. The predicted molar refractivity (Wildman–Crippen MR) is 124 cm³/mol. The van der Waals surface area contributed by atoms with Gasteiger partial charge in [0.05, 0.1) is 23.3 Å². The summed E-state index contributed by atoms with van der Waals surface area (Å²) in [6.07, 6.45) is 0. The molecule has 5 aromatic rings. The summed E-state index contributed by atoms with van der Waals surface area (Å²) in [5, 5.41) is 3.11. The number of pyridine rings is 1. The molecule has 1 amide bonds. The van der Waals surface area contributed by atoms with E-state index in [0.717, 1.165) is 44.5 Å². The van der Waals surface area contributed by atoms with Gasteiger partial charge in [-0.1, -0.05) is 60.7 Å². The molecule has 2 aromatic heterocycles. The minimum absolute atomic E-state index is 0.0610. The Hall–Kier alpha value is -3.92. The molecule has 5 rings (SSSR count). The summed E-state index contributed by atoms with van der Waals surface area (Å²) in [5.41, 5.74) is 3.25. The van der Waals surface area contributed by atoms with E-state index in [-0.39, 0.29) is 5.91 Å². The molecular weight excluding hydrogens is 384 g/mol. The van der Waals surface area contributed by atoms with Crippen molar-refractivity contribution < 1.29 is 9.21 Å². The Morgan fingerprint density at radius 1 is 0.903 bits per heavy atom. The van der Waals surface area contributed by atoms with E-state index in [1.165, 1.54) is 0 Å². The average Bonchev–Trinajstić information content (AvgIpc) is 3.21. The molecule has 0 radical (unpaired) electrons. The molecule has 0 atom stereocenters. The number of aromatic nitrogens is 1. The Morgan fingerprint density at radius 3 is 2.45 bits per heavy atom. The van der Waals surface area contributed by atoms with Gasteiger partial charge in [0.1, 0.15) is 11.5 Å². The maximum atomic E-state index is 13.5. The second kappa shape index (κ2) is 7.73. The number of hydrogen-bond donors (Lipinski definition) is 0. The molecule has 0 aliphatic heterocycles. The van der Waals surface area contributed by atoms with E-state index in [1.54, 1.807) is 11.9 Å². The number of carbonyl (C=O) groups excluding carboxylic acids is 1. The monoisotopic (exact) mass is 406 g/mol. The van der Waals surface area contributed by atoms with E-state index in [4.69, 9.17) is 9.40 Å². The third-order valence-corrected chi connectivity index (χ3v) is 5.55. The van der Waals surface area contributed by atoms with Gasteiger partial charge in [0.2, 0.25) is 0 Å². The number of hydrogen-bond acceptors (Lipinski definition) is 3. The summed E-state index contributed by atoms with van der Waals surface area (Å²) >= 11 is 0. The van der Waals surface area contributed by atoms with E-state index in [9.17, 15) is 4.79 Å². The maximum absolute atomic E-state index is 13.5. The molecule has 3 aromatic carbocycles. The zero-order valence-electron chi connectivity index (χ0n) is 17.5. The van der Waals surface area contributed by atoms with Crippen molar-refractivity contribution in [2.75, 3.05) is 7.05 Å². The second-order valence-electron chi connectivity index (χ2n) is 7.77. The Labute approximate surface area is 180 Å². The Balaban J connectivity index is 1.63. The zero-order valence-corrected chi connectivity index (χ0v) is 17.5. The van der Waals surface area contributed by atoms with E-state index in [0.29, 0.717) is 12.1 Å². The van der Waals surface area contributed by atoms with Gasteiger partial charge < -0.3 is 9.32 Å². The third kappa shape index (κ3) is 3.57. The molecule has 152 valence electrons. The highest BCUT2D eigenvalue weighted by atomic mass is 16.3. The molecule has 2 heterocycles. The van der Waals surface area contributed by atoms with Crippen molar-refractivity contribution in [2.45, 2.75) is 13.5 Å². The lowest BCUT2D eigenvalue weighted by atomic mass is 9.98. The highest BCUT2D eigenvalue weighted by Crippen LogP contribution is 2.31. The fraction of sp³-hybridized carbons (Fsp3) is 0.111. The van der Waals surface area contributed by atoms with E-state index in [2.05, 4.69) is 24.3 Å². The SMILES string of the molecule is Cc1ccc(CN(C)C(=O)c2cc(-c3cccc4ccccc34)nc3ccccc23)o1. The molecule has 4 heteroatoms. The minimum atomic E-state index is -0.0610. The van der Waals surface area contributed by atoms with Crippen molar-refractivity contribution in [2.24, 2.45) is 0 Å². The molecule has 4 nitrogen and oxygen atoms in total. The van der Waals surface area contributed by atoms with Crippen LogP contribution in [0.2, 0.25) is 0 Å². The number of benzene rings is 3. The molecule has 0 aliphatic carbocycles. The number of fused-ring (bicyclic) bond motifs is 2. The first-order chi connectivity index (χ1) is 15.1. The van der Waals surface area contributed by atoms with Gasteiger partial charge in [-0.2, -0.15) is 0 Å². The molecule has 0 fully saturated rings. The summed E-state index contributed by atoms with van der Waals surface area (Å²) in [6, 6.07) is 27.9. The Kier molecular flexibility index (Phi) is 4.75. The van der Waals surface area contributed by atoms with Crippen molar-refractivity contribution in [1.82, 2.24) is 9.88 Å². The predicted octanol–water partition coefficient (Wildman–Crippen LogP) is 6.23. The van der Waals surface area contributed by atoms with E-state index >= 15 is 0 Å². The van der Waals surface area contributed by atoms with Crippen LogP contribution in [0.15, 0.2) is 89.3 Å². The number of rotatable bonds is 4. The highest BCUT2D eigenvalue weighted by Gasteiger charge is 2.19. The first-order valence-corrected chi connectivity index (χ1v) is 10.3. The molecular formula is C27H22N2O2. The van der Waals surface area contributed by atoms with Crippen LogP contribution in [0.4, 0.5) is 0 Å². The normalized spacial score (nSPS) is 11.2. The maximum Gasteiger partial charge on any atom is 0.254 e. The summed E-state index contributed by atoms with van der Waals surface area (Å²) in [7, 11) is 1.80. The van der Waals surface area contributed by atoms with Crippen molar-refractivity contribution in [3.8, 4) is 11.3 Å². The first-order valence-electron chi connectivity index (χ1n) is 10.3. The average molecular weight is 406 g/mol. The molecule has 31 heavy (non-hydrogen) atoms. The van der Waals surface area contributed by atoms with Crippen molar-refractivity contribution in [3.63, 3.8) is 0 Å². The Morgan fingerprint density at radius 2 is 1.65 bits per heavy atom. The highest BCUT2D eigenvalue weighted by molar-refractivity contribution is 6.08. The summed E-state index contributed by atoms with van der Waals surface area (Å²) in [6.45, 7) is 2.31. The lowest BCUT2D eigenvalue weighted by molar-refractivity contribution is 0.0777. The molecule has 0 aliphatic rings. The summed E-state index contributed by atoms with van der Waals surface area (Å²) < 4.78 is 5.66. The van der Waals surface area contributed by atoms with Crippen molar-refractivity contribution in [1.29, 1.82) is 0 Å². The van der Waals surface area contributed by atoms with Gasteiger partial charge in [0.25, 0.3) is 5.91 Å². The van der Waals surface area contributed by atoms with Crippen LogP contribution in [0.5, 0.6) is 0 Å². The number of amides is 1. The third-order valence-electron chi connectivity index (χ3n) is 5.55. The van der Waals surface area contributed by atoms with E-state index in [1.807, 2.05) is 67.6 Å². The molecule has 0 saturated heterocycles. The van der Waals surface area contributed by atoms with Gasteiger partial charge >= 0.3 is 0 Å². The number of furan rings is 1. The molecule has 0 unspecified atom stereocenters. The van der Waals surface area contributed by atoms with Crippen LogP contribution < -0.4 is 0 Å². The number of carbonyl (C=O) groups is 1. The molecule has 0 spiro atoms. The smallest absolute Gasteiger partial charge is 0.254 e. The van der Waals surface area contributed by atoms with Crippen LogP contribution in [0.25, 0.3) is 32.9 Å². The van der Waals surface area contributed by atoms with Crippen LogP contribution in [0.1, 0.15) is 21.9 Å². The fourth-order valence-electron chi connectivity index (χ4n) is 4.02. The zero-order chi connectivity index (χ0) is 21.4. The van der Waals surface area contributed by atoms with Gasteiger partial charge in [-0.05, 0) is 42.0 Å². The number of nitrogens with zero attached hydrogens (tertiary/aromatic N) is 2.